The summed E-state index contributed by atoms with van der Waals surface area (Å²) < 4.78 is 34.6. The van der Waals surface area contributed by atoms with Crippen LogP contribution in [0.2, 0.25) is 0 Å². The van der Waals surface area contributed by atoms with Crippen LogP contribution in [-0.4, -0.2) is 52.3 Å². The van der Waals surface area contributed by atoms with E-state index in [0.717, 1.165) is 36.3 Å². The maximum Gasteiger partial charge on any atom is 0.379 e. The second-order valence-electron chi connectivity index (χ2n) is 8.99. The molecule has 4 aliphatic carbocycles. The number of carboxylic acid groups (broad SMARTS) is 1. The number of carbonyl (C=O) groups is 4. The lowest BCUT2D eigenvalue weighted by atomic mass is 9.47. The number of carbonyl (C=O) groups excluding carboxylic acids is 3. The van der Waals surface area contributed by atoms with Gasteiger partial charge < -0.3 is 9.84 Å². The highest BCUT2D eigenvalue weighted by molar-refractivity contribution is 6.13. The smallest absolute Gasteiger partial charge is 0.379 e. The Morgan fingerprint density at radius 1 is 1.10 bits per heavy atom. The molecule has 0 aromatic rings. The van der Waals surface area contributed by atoms with Crippen molar-refractivity contribution in [2.45, 2.75) is 57.0 Å². The molecule has 7 nitrogen and oxygen atoms in total. The van der Waals surface area contributed by atoms with Crippen LogP contribution in [0.3, 0.4) is 0 Å². The van der Waals surface area contributed by atoms with Gasteiger partial charge in [-0.25, -0.2) is 4.79 Å². The largest absolute Gasteiger partial charge is 0.477 e. The fourth-order valence-corrected chi connectivity index (χ4v) is 6.24. The summed E-state index contributed by atoms with van der Waals surface area (Å²) in [6.07, 6.45) is 3.82. The molecule has 0 aromatic carbocycles. The molecule has 1 N–H and O–H groups in total. The molecule has 0 aromatic heterocycles. The number of hydrogen-bond acceptors (Lipinski definition) is 5. The summed E-state index contributed by atoms with van der Waals surface area (Å²) in [5.41, 5.74) is -1.03. The first kappa shape index (κ1) is 20.0. The topological polar surface area (TPSA) is 101 Å². The van der Waals surface area contributed by atoms with Gasteiger partial charge in [-0.2, -0.15) is 8.78 Å². The second-order valence-corrected chi connectivity index (χ2v) is 8.99. The minimum atomic E-state index is -4.21. The van der Waals surface area contributed by atoms with Crippen LogP contribution in [0.1, 0.15) is 44.9 Å². The Bertz CT molecular complexity index is 739. The number of hydrogen-bond donors (Lipinski definition) is 1. The first-order valence-corrected chi connectivity index (χ1v) is 9.95. The van der Waals surface area contributed by atoms with Gasteiger partial charge in [-0.15, -0.1) is 0 Å². The van der Waals surface area contributed by atoms with Crippen molar-refractivity contribution < 1.29 is 37.8 Å². The fourth-order valence-electron chi connectivity index (χ4n) is 6.24. The Labute approximate surface area is 166 Å². The zero-order valence-corrected chi connectivity index (χ0v) is 15.8. The van der Waals surface area contributed by atoms with Gasteiger partial charge in [0, 0.05) is 24.1 Å². The van der Waals surface area contributed by atoms with Crippen LogP contribution in [0.15, 0.2) is 12.2 Å². The standard InChI is InChI=1S/C20H23F2NO6/c21-20(22,18(27)28)17(19-8-11-5-12(9-19)7-13(6-11)10-19)29-16(26)3-4-23-14(24)1-2-15(23)25/h1-2,11-13,17H,3-10H2,(H,27,28). The molecule has 29 heavy (non-hydrogen) atoms. The van der Waals surface area contributed by atoms with Gasteiger partial charge in [0.05, 0.1) is 6.42 Å². The summed E-state index contributed by atoms with van der Waals surface area (Å²) in [7, 11) is 0. The van der Waals surface area contributed by atoms with E-state index in [1.165, 1.54) is 0 Å². The Balaban J connectivity index is 1.51. The van der Waals surface area contributed by atoms with Crippen LogP contribution < -0.4 is 0 Å². The zero-order chi connectivity index (χ0) is 21.0. The summed E-state index contributed by atoms with van der Waals surface area (Å²) in [5.74, 6) is -7.93. The Hall–Kier alpha value is -2.32. The van der Waals surface area contributed by atoms with Gasteiger partial charge in [0.2, 0.25) is 0 Å². The molecule has 4 bridgehead atoms. The normalized spacial score (nSPS) is 34.0. The van der Waals surface area contributed by atoms with Crippen molar-refractivity contribution in [1.82, 2.24) is 4.90 Å². The number of aliphatic carboxylic acids is 1. The molecule has 1 aliphatic heterocycles. The van der Waals surface area contributed by atoms with Gasteiger partial charge in [-0.05, 0) is 56.3 Å². The van der Waals surface area contributed by atoms with Gasteiger partial charge >= 0.3 is 17.9 Å². The molecule has 0 saturated heterocycles. The Morgan fingerprint density at radius 2 is 1.59 bits per heavy atom. The highest BCUT2D eigenvalue weighted by Gasteiger charge is 2.65. The van der Waals surface area contributed by atoms with Crippen LogP contribution >= 0.6 is 0 Å². The van der Waals surface area contributed by atoms with E-state index in [1.54, 1.807) is 0 Å². The first-order valence-electron chi connectivity index (χ1n) is 9.95. The van der Waals surface area contributed by atoms with E-state index < -0.39 is 47.6 Å². The predicted octanol–water partition coefficient (Wildman–Crippen LogP) is 2.15. The summed E-state index contributed by atoms with van der Waals surface area (Å²) in [6.45, 7) is -0.296. The molecular formula is C20H23F2NO6. The molecule has 2 amide bonds. The van der Waals surface area contributed by atoms with Crippen molar-refractivity contribution in [3.63, 3.8) is 0 Å². The number of ether oxygens (including phenoxy) is 1. The molecule has 1 atom stereocenters. The van der Waals surface area contributed by atoms with E-state index in [-0.39, 0.29) is 24.3 Å². The van der Waals surface area contributed by atoms with Crippen molar-refractivity contribution in [3.05, 3.63) is 12.2 Å². The molecule has 5 rings (SSSR count). The van der Waals surface area contributed by atoms with Gasteiger partial charge in [0.25, 0.3) is 11.8 Å². The molecule has 1 heterocycles. The average Bonchev–Trinajstić information content (AvgIpc) is 2.94. The van der Waals surface area contributed by atoms with Crippen molar-refractivity contribution in [2.24, 2.45) is 23.2 Å². The fraction of sp³-hybridized carbons (Fsp3) is 0.700. The third-order valence-corrected chi connectivity index (χ3v) is 6.95. The van der Waals surface area contributed by atoms with Gasteiger partial charge in [-0.1, -0.05) is 0 Å². The third kappa shape index (κ3) is 3.44. The second kappa shape index (κ2) is 6.88. The average molecular weight is 411 g/mol. The van der Waals surface area contributed by atoms with Crippen molar-refractivity contribution in [3.8, 4) is 0 Å². The molecule has 5 aliphatic rings. The summed E-state index contributed by atoms with van der Waals surface area (Å²) in [5, 5.41) is 9.15. The van der Waals surface area contributed by atoms with Gasteiger partial charge in [0.1, 0.15) is 0 Å². The van der Waals surface area contributed by atoms with Gasteiger partial charge in [0.15, 0.2) is 6.10 Å². The summed E-state index contributed by atoms with van der Waals surface area (Å²) >= 11 is 0. The molecule has 0 spiro atoms. The number of rotatable bonds is 7. The third-order valence-electron chi connectivity index (χ3n) is 6.95. The molecule has 0 radical (unpaired) electrons. The van der Waals surface area contributed by atoms with E-state index in [0.29, 0.717) is 19.3 Å². The first-order chi connectivity index (χ1) is 13.6. The van der Waals surface area contributed by atoms with E-state index in [9.17, 15) is 28.0 Å². The van der Waals surface area contributed by atoms with E-state index in [4.69, 9.17) is 9.84 Å². The number of imide groups is 1. The predicted molar refractivity (Wildman–Crippen MR) is 93.5 cm³/mol. The van der Waals surface area contributed by atoms with Crippen LogP contribution in [0.4, 0.5) is 8.78 Å². The number of halogens is 2. The Kier molecular flexibility index (Phi) is 4.74. The molecular weight excluding hydrogens is 388 g/mol. The maximum absolute atomic E-state index is 14.7. The zero-order valence-electron chi connectivity index (χ0n) is 15.8. The lowest BCUT2D eigenvalue weighted by Crippen LogP contribution is -2.60. The van der Waals surface area contributed by atoms with E-state index >= 15 is 0 Å². The van der Waals surface area contributed by atoms with E-state index in [2.05, 4.69) is 0 Å². The molecule has 1 unspecified atom stereocenters. The van der Waals surface area contributed by atoms with Crippen molar-refractivity contribution in [1.29, 1.82) is 0 Å². The number of amides is 2. The number of nitrogens with zero attached hydrogens (tertiary/aromatic N) is 1. The quantitative estimate of drug-likeness (QED) is 0.509. The minimum Gasteiger partial charge on any atom is -0.477 e. The lowest BCUT2D eigenvalue weighted by Gasteiger charge is -2.59. The van der Waals surface area contributed by atoms with Crippen molar-refractivity contribution >= 4 is 23.8 Å². The van der Waals surface area contributed by atoms with Crippen LogP contribution in [-0.2, 0) is 23.9 Å². The highest BCUT2D eigenvalue weighted by atomic mass is 19.3. The number of esters is 1. The SMILES string of the molecule is O=C(CCN1C(=O)C=CC1=O)OC(C12CC3CC(CC(C3)C1)C2)C(F)(F)C(=O)O. The van der Waals surface area contributed by atoms with Crippen LogP contribution in [0, 0.1) is 23.2 Å². The van der Waals surface area contributed by atoms with Crippen LogP contribution in [0.5, 0.6) is 0 Å². The molecule has 9 heteroatoms. The van der Waals surface area contributed by atoms with Crippen molar-refractivity contribution in [2.75, 3.05) is 6.54 Å². The summed E-state index contributed by atoms with van der Waals surface area (Å²) in [4.78, 5) is 47.7. The van der Waals surface area contributed by atoms with Crippen LogP contribution in [0.25, 0.3) is 0 Å². The van der Waals surface area contributed by atoms with E-state index in [1.807, 2.05) is 0 Å². The monoisotopic (exact) mass is 411 g/mol. The number of alkyl halides is 2. The Morgan fingerprint density at radius 3 is 2.03 bits per heavy atom. The molecule has 4 saturated carbocycles. The van der Waals surface area contributed by atoms with Gasteiger partial charge in [-0.3, -0.25) is 19.3 Å². The molecule has 4 fully saturated rings. The minimum absolute atomic E-state index is 0.262. The maximum atomic E-state index is 14.7. The highest BCUT2D eigenvalue weighted by Crippen LogP contribution is 2.63. The summed E-state index contributed by atoms with van der Waals surface area (Å²) in [6, 6.07) is 0. The lowest BCUT2D eigenvalue weighted by molar-refractivity contribution is -0.233. The number of carboxylic acids is 1. The molecule has 158 valence electrons.